The summed E-state index contributed by atoms with van der Waals surface area (Å²) < 4.78 is 1.30. The third kappa shape index (κ3) is 3.38. The van der Waals surface area contributed by atoms with Gasteiger partial charge in [0, 0.05) is 25.2 Å². The molecule has 0 aromatic carbocycles. The predicted molar refractivity (Wildman–Crippen MR) is 89.9 cm³/mol. The van der Waals surface area contributed by atoms with Gasteiger partial charge in [-0.1, -0.05) is 12.8 Å². The minimum atomic E-state index is -1.20. The number of aliphatic carboxylic acids is 1. The number of nitrogens with one attached hydrogen (secondary N) is 1. The lowest BCUT2D eigenvalue weighted by Gasteiger charge is -2.23. The molecule has 3 rings (SSSR count). The Hall–Kier alpha value is -2.38. The molecule has 1 aliphatic heterocycles. The van der Waals surface area contributed by atoms with Crippen LogP contribution in [-0.2, 0) is 19.9 Å². The molecule has 1 aromatic rings. The molecule has 2 aliphatic rings. The summed E-state index contributed by atoms with van der Waals surface area (Å²) in [5.74, 6) is -1.55. The number of hydrogen-bond acceptors (Lipinski definition) is 4. The highest BCUT2D eigenvalue weighted by Crippen LogP contribution is 2.30. The average molecular weight is 348 g/mol. The Kier molecular flexibility index (Phi) is 4.53. The highest BCUT2D eigenvalue weighted by atomic mass is 16.4. The van der Waals surface area contributed by atoms with Gasteiger partial charge in [-0.15, -0.1) is 0 Å². The fourth-order valence-corrected chi connectivity index (χ4v) is 3.51. The normalized spacial score (nSPS) is 21.8. The summed E-state index contributed by atoms with van der Waals surface area (Å²) in [6.45, 7) is 3.52. The molecule has 1 aromatic heterocycles. The first-order chi connectivity index (χ1) is 11.8. The summed E-state index contributed by atoms with van der Waals surface area (Å²) in [6, 6.07) is 0.282. The molecule has 8 heteroatoms. The zero-order valence-corrected chi connectivity index (χ0v) is 14.6. The molecule has 1 unspecified atom stereocenters. The van der Waals surface area contributed by atoms with E-state index in [-0.39, 0.29) is 30.2 Å². The van der Waals surface area contributed by atoms with Gasteiger partial charge in [-0.2, -0.15) is 5.10 Å². The summed E-state index contributed by atoms with van der Waals surface area (Å²) in [5.41, 5.74) is -0.767. The first-order valence-electron chi connectivity index (χ1n) is 8.68. The van der Waals surface area contributed by atoms with Gasteiger partial charge in [-0.05, 0) is 26.7 Å². The van der Waals surface area contributed by atoms with Gasteiger partial charge >= 0.3 is 5.97 Å². The lowest BCUT2D eigenvalue weighted by atomic mass is 10.1. The van der Waals surface area contributed by atoms with Gasteiger partial charge in [-0.3, -0.25) is 14.3 Å². The molecule has 8 nitrogen and oxygen atoms in total. The maximum atomic E-state index is 12.5. The predicted octanol–water partition coefficient (Wildman–Crippen LogP) is 1.43. The van der Waals surface area contributed by atoms with E-state index in [2.05, 4.69) is 10.4 Å². The fourth-order valence-electron chi connectivity index (χ4n) is 3.51. The van der Waals surface area contributed by atoms with E-state index in [9.17, 15) is 19.5 Å². The van der Waals surface area contributed by atoms with Gasteiger partial charge in [0.15, 0.2) is 5.54 Å². The van der Waals surface area contributed by atoms with Crippen molar-refractivity contribution in [2.24, 2.45) is 5.92 Å². The summed E-state index contributed by atoms with van der Waals surface area (Å²) >= 11 is 0. The van der Waals surface area contributed by atoms with E-state index < -0.39 is 11.5 Å². The summed E-state index contributed by atoms with van der Waals surface area (Å²) in [5, 5.41) is 16.0. The number of likely N-dealkylation sites (tertiary alicyclic amines) is 1. The second-order valence-corrected chi connectivity index (χ2v) is 7.41. The molecule has 1 saturated carbocycles. The molecule has 0 radical (unpaired) electrons. The molecular formula is C17H24N4O4. The van der Waals surface area contributed by atoms with Crippen molar-refractivity contribution < 1.29 is 19.5 Å². The maximum absolute atomic E-state index is 12.5. The lowest BCUT2D eigenvalue weighted by molar-refractivity contribution is -0.146. The quantitative estimate of drug-likeness (QED) is 0.838. The van der Waals surface area contributed by atoms with Crippen LogP contribution in [0.5, 0.6) is 0 Å². The van der Waals surface area contributed by atoms with Crippen LogP contribution in [0.3, 0.4) is 0 Å². The van der Waals surface area contributed by atoms with E-state index in [1.165, 1.54) is 30.9 Å². The number of rotatable bonds is 5. The number of carbonyl (C=O) groups excluding carboxylic acids is 2. The van der Waals surface area contributed by atoms with E-state index in [0.29, 0.717) is 12.2 Å². The van der Waals surface area contributed by atoms with Crippen LogP contribution in [0.1, 0.15) is 46.0 Å². The van der Waals surface area contributed by atoms with Gasteiger partial charge in [-0.25, -0.2) is 4.79 Å². The zero-order chi connectivity index (χ0) is 18.2. The number of carboxylic acids is 1. The highest BCUT2D eigenvalue weighted by molar-refractivity contribution is 5.97. The van der Waals surface area contributed by atoms with Crippen LogP contribution in [-0.4, -0.2) is 50.2 Å². The minimum Gasteiger partial charge on any atom is -0.479 e. The maximum Gasteiger partial charge on any atom is 0.331 e. The second-order valence-electron chi connectivity index (χ2n) is 7.41. The molecule has 2 heterocycles. The van der Waals surface area contributed by atoms with Crippen molar-refractivity contribution in [2.75, 3.05) is 11.9 Å². The second kappa shape index (κ2) is 6.50. The van der Waals surface area contributed by atoms with E-state index in [1.807, 2.05) is 4.90 Å². The van der Waals surface area contributed by atoms with Crippen molar-refractivity contribution in [3.05, 3.63) is 12.4 Å². The van der Waals surface area contributed by atoms with E-state index in [0.717, 1.165) is 25.7 Å². The van der Waals surface area contributed by atoms with Crippen molar-refractivity contribution in [3.63, 3.8) is 0 Å². The van der Waals surface area contributed by atoms with Gasteiger partial charge in [0.05, 0.1) is 17.8 Å². The summed E-state index contributed by atoms with van der Waals surface area (Å²) in [4.78, 5) is 37.8. The molecule has 0 bridgehead atoms. The standard InChI is InChI=1S/C17H24N4O4/c1-17(2,16(24)25)21-10-12(8-18-21)19-15(23)11-7-14(22)20(9-11)13-5-3-4-6-13/h8,10-11,13H,3-7,9H2,1-2H3,(H,19,23)(H,24,25). The lowest BCUT2D eigenvalue weighted by Crippen LogP contribution is -2.36. The van der Waals surface area contributed by atoms with Crippen molar-refractivity contribution >= 4 is 23.5 Å². The van der Waals surface area contributed by atoms with Crippen molar-refractivity contribution in [1.82, 2.24) is 14.7 Å². The molecule has 0 spiro atoms. The molecule has 2 N–H and O–H groups in total. The van der Waals surface area contributed by atoms with Gasteiger partial charge < -0.3 is 15.3 Å². The molecule has 25 heavy (non-hydrogen) atoms. The Labute approximate surface area is 146 Å². The van der Waals surface area contributed by atoms with Crippen molar-refractivity contribution in [2.45, 2.75) is 57.5 Å². The van der Waals surface area contributed by atoms with Gasteiger partial charge in [0.25, 0.3) is 0 Å². The molecule has 2 fully saturated rings. The van der Waals surface area contributed by atoms with Crippen LogP contribution in [0.25, 0.3) is 0 Å². The number of anilines is 1. The number of amides is 2. The smallest absolute Gasteiger partial charge is 0.331 e. The Balaban J connectivity index is 1.62. The van der Waals surface area contributed by atoms with Crippen LogP contribution in [0.2, 0.25) is 0 Å². The number of carboxylic acid groups (broad SMARTS) is 1. The monoisotopic (exact) mass is 348 g/mol. The Morgan fingerprint density at radius 3 is 2.64 bits per heavy atom. The molecule has 2 amide bonds. The van der Waals surface area contributed by atoms with E-state index in [1.54, 1.807) is 0 Å². The molecule has 1 aliphatic carbocycles. The molecule has 136 valence electrons. The van der Waals surface area contributed by atoms with Crippen LogP contribution in [0, 0.1) is 5.92 Å². The first kappa shape index (κ1) is 17.4. The summed E-state index contributed by atoms with van der Waals surface area (Å²) in [6.07, 6.45) is 7.49. The molecule has 1 atom stereocenters. The SMILES string of the molecule is CC(C)(C(=O)O)n1cc(NC(=O)C2CC(=O)N(C3CCCC3)C2)cn1. The van der Waals surface area contributed by atoms with Crippen molar-refractivity contribution in [3.8, 4) is 0 Å². The van der Waals surface area contributed by atoms with Crippen LogP contribution in [0.15, 0.2) is 12.4 Å². The largest absolute Gasteiger partial charge is 0.479 e. The first-order valence-corrected chi connectivity index (χ1v) is 8.68. The van der Waals surface area contributed by atoms with Crippen molar-refractivity contribution in [1.29, 1.82) is 0 Å². The average Bonchev–Trinajstić information content (AvgIpc) is 3.26. The fraction of sp³-hybridized carbons (Fsp3) is 0.647. The molecular weight excluding hydrogens is 324 g/mol. The molecule has 1 saturated heterocycles. The number of carbonyl (C=O) groups is 3. The minimum absolute atomic E-state index is 0.0507. The third-order valence-corrected chi connectivity index (χ3v) is 5.24. The van der Waals surface area contributed by atoms with Gasteiger partial charge in [0.2, 0.25) is 11.8 Å². The summed E-state index contributed by atoms with van der Waals surface area (Å²) in [7, 11) is 0. The number of aromatic nitrogens is 2. The van der Waals surface area contributed by atoms with Crippen LogP contribution < -0.4 is 5.32 Å². The number of hydrogen-bond donors (Lipinski definition) is 2. The van der Waals surface area contributed by atoms with Crippen LogP contribution >= 0.6 is 0 Å². The van der Waals surface area contributed by atoms with Gasteiger partial charge in [0.1, 0.15) is 0 Å². The van der Waals surface area contributed by atoms with E-state index >= 15 is 0 Å². The number of nitrogens with zero attached hydrogens (tertiary/aromatic N) is 3. The highest BCUT2D eigenvalue weighted by Gasteiger charge is 2.39. The topological polar surface area (TPSA) is 105 Å². The Morgan fingerprint density at radius 2 is 2.00 bits per heavy atom. The third-order valence-electron chi connectivity index (χ3n) is 5.24. The van der Waals surface area contributed by atoms with Crippen LogP contribution in [0.4, 0.5) is 5.69 Å². The van der Waals surface area contributed by atoms with E-state index in [4.69, 9.17) is 0 Å². The Morgan fingerprint density at radius 1 is 1.32 bits per heavy atom. The zero-order valence-electron chi connectivity index (χ0n) is 14.6. The Bertz CT molecular complexity index is 691.